The normalized spacial score (nSPS) is 14.7. The number of rotatable bonds is 7. The topological polar surface area (TPSA) is 101 Å². The molecule has 0 radical (unpaired) electrons. The fourth-order valence-electron chi connectivity index (χ4n) is 4.20. The number of benzene rings is 1. The number of tetrazole rings is 1. The predicted octanol–water partition coefficient (Wildman–Crippen LogP) is 3.55. The van der Waals surface area contributed by atoms with Gasteiger partial charge < -0.3 is 5.32 Å². The zero-order valence-electron chi connectivity index (χ0n) is 17.7. The van der Waals surface area contributed by atoms with Crippen molar-refractivity contribution in [2.24, 2.45) is 0 Å². The standard InChI is InChI=1S/C22H29N7O/c1-15-10-12-17(13-11-15)21-16(2)20(26-29(21)18-7-4-3-5-8-18)22(30)23-14-6-9-19-24-27-28-25-19/h10-13,18H,3-9,14H2,1-2H3,(H,23,30)(H,24,25,27,28). The fraction of sp³-hybridized carbons (Fsp3) is 0.500. The van der Waals surface area contributed by atoms with Gasteiger partial charge in [-0.05, 0) is 33.1 Å². The molecule has 4 rings (SSSR count). The number of aromatic nitrogens is 6. The van der Waals surface area contributed by atoms with Crippen LogP contribution in [0.2, 0.25) is 0 Å². The number of hydrogen-bond donors (Lipinski definition) is 2. The van der Waals surface area contributed by atoms with Crippen LogP contribution >= 0.6 is 0 Å². The lowest BCUT2D eigenvalue weighted by atomic mass is 9.95. The molecule has 1 aliphatic carbocycles. The average Bonchev–Trinajstić information content (AvgIpc) is 3.40. The van der Waals surface area contributed by atoms with E-state index in [0.717, 1.165) is 36.1 Å². The molecule has 0 bridgehead atoms. The zero-order valence-corrected chi connectivity index (χ0v) is 17.7. The number of carbonyl (C=O) groups excluding carboxylic acids is 1. The Bertz CT molecular complexity index is 970. The van der Waals surface area contributed by atoms with Gasteiger partial charge in [-0.2, -0.15) is 10.3 Å². The van der Waals surface area contributed by atoms with Gasteiger partial charge in [-0.25, -0.2) is 0 Å². The molecule has 0 unspecified atom stereocenters. The Morgan fingerprint density at radius 1 is 1.17 bits per heavy atom. The zero-order chi connectivity index (χ0) is 20.9. The summed E-state index contributed by atoms with van der Waals surface area (Å²) in [6.45, 7) is 4.64. The van der Waals surface area contributed by atoms with Crippen molar-refractivity contribution in [1.29, 1.82) is 0 Å². The maximum atomic E-state index is 12.9. The Labute approximate surface area is 176 Å². The van der Waals surface area contributed by atoms with Gasteiger partial charge in [-0.3, -0.25) is 9.48 Å². The minimum atomic E-state index is -0.122. The molecule has 0 saturated heterocycles. The highest BCUT2D eigenvalue weighted by Crippen LogP contribution is 2.35. The van der Waals surface area contributed by atoms with Crippen LogP contribution in [0.3, 0.4) is 0 Å². The van der Waals surface area contributed by atoms with Gasteiger partial charge in [-0.15, -0.1) is 10.2 Å². The molecule has 1 saturated carbocycles. The summed E-state index contributed by atoms with van der Waals surface area (Å²) < 4.78 is 2.12. The van der Waals surface area contributed by atoms with Crippen LogP contribution in [0.4, 0.5) is 0 Å². The molecule has 1 aromatic carbocycles. The van der Waals surface area contributed by atoms with Crippen molar-refractivity contribution in [1.82, 2.24) is 35.7 Å². The summed E-state index contributed by atoms with van der Waals surface area (Å²) in [4.78, 5) is 12.9. The highest BCUT2D eigenvalue weighted by molar-refractivity contribution is 5.95. The van der Waals surface area contributed by atoms with Crippen molar-refractivity contribution in [3.05, 3.63) is 46.9 Å². The van der Waals surface area contributed by atoms with Crippen molar-refractivity contribution in [3.8, 4) is 11.3 Å². The van der Waals surface area contributed by atoms with E-state index < -0.39 is 0 Å². The van der Waals surface area contributed by atoms with Crippen LogP contribution in [0.15, 0.2) is 24.3 Å². The summed E-state index contributed by atoms with van der Waals surface area (Å²) in [5.74, 6) is 0.534. The molecule has 30 heavy (non-hydrogen) atoms. The molecule has 1 amide bonds. The molecule has 1 aliphatic rings. The van der Waals surface area contributed by atoms with E-state index in [-0.39, 0.29) is 5.91 Å². The van der Waals surface area contributed by atoms with Crippen molar-refractivity contribution in [3.63, 3.8) is 0 Å². The van der Waals surface area contributed by atoms with E-state index in [4.69, 9.17) is 5.10 Å². The van der Waals surface area contributed by atoms with Crippen molar-refractivity contribution in [2.75, 3.05) is 6.54 Å². The third-order valence-corrected chi connectivity index (χ3v) is 5.86. The summed E-state index contributed by atoms with van der Waals surface area (Å²) >= 11 is 0. The summed E-state index contributed by atoms with van der Waals surface area (Å²) in [5, 5.41) is 21.7. The van der Waals surface area contributed by atoms with Crippen LogP contribution in [0.25, 0.3) is 11.3 Å². The number of nitrogens with zero attached hydrogens (tertiary/aromatic N) is 5. The van der Waals surface area contributed by atoms with Gasteiger partial charge in [0.15, 0.2) is 11.5 Å². The van der Waals surface area contributed by atoms with E-state index >= 15 is 0 Å². The molecule has 0 aliphatic heterocycles. The highest BCUT2D eigenvalue weighted by Gasteiger charge is 2.26. The van der Waals surface area contributed by atoms with Crippen LogP contribution in [-0.2, 0) is 6.42 Å². The highest BCUT2D eigenvalue weighted by atomic mass is 16.1. The minimum Gasteiger partial charge on any atom is -0.351 e. The van der Waals surface area contributed by atoms with Crippen LogP contribution in [0.1, 0.15) is 72.0 Å². The van der Waals surface area contributed by atoms with Gasteiger partial charge in [0.1, 0.15) is 0 Å². The van der Waals surface area contributed by atoms with Crippen LogP contribution < -0.4 is 5.32 Å². The average molecular weight is 408 g/mol. The number of carbonyl (C=O) groups is 1. The molecule has 8 heteroatoms. The van der Waals surface area contributed by atoms with E-state index in [9.17, 15) is 4.79 Å². The molecule has 3 aromatic rings. The Balaban J connectivity index is 1.54. The van der Waals surface area contributed by atoms with Gasteiger partial charge in [0.25, 0.3) is 5.91 Å². The Hall–Kier alpha value is -3.03. The number of aryl methyl sites for hydroxylation is 2. The van der Waals surface area contributed by atoms with Gasteiger partial charge >= 0.3 is 0 Å². The molecule has 1 fully saturated rings. The quantitative estimate of drug-likeness (QED) is 0.583. The number of nitrogens with one attached hydrogen (secondary N) is 2. The fourth-order valence-corrected chi connectivity index (χ4v) is 4.20. The molecule has 158 valence electrons. The largest absolute Gasteiger partial charge is 0.351 e. The van der Waals surface area contributed by atoms with Crippen molar-refractivity contribution in [2.45, 2.75) is 64.8 Å². The van der Waals surface area contributed by atoms with Gasteiger partial charge in [0, 0.05) is 24.1 Å². The maximum absolute atomic E-state index is 12.9. The summed E-state index contributed by atoms with van der Waals surface area (Å²) in [5.41, 5.74) is 4.88. The molecule has 2 N–H and O–H groups in total. The van der Waals surface area contributed by atoms with Gasteiger partial charge in [0.2, 0.25) is 0 Å². The molecule has 0 atom stereocenters. The maximum Gasteiger partial charge on any atom is 0.272 e. The number of aromatic amines is 1. The van der Waals surface area contributed by atoms with E-state index in [2.05, 4.69) is 61.8 Å². The molecule has 2 aromatic heterocycles. The van der Waals surface area contributed by atoms with E-state index in [1.165, 1.54) is 24.8 Å². The van der Waals surface area contributed by atoms with E-state index in [1.54, 1.807) is 0 Å². The summed E-state index contributed by atoms with van der Waals surface area (Å²) in [6.07, 6.45) is 7.37. The van der Waals surface area contributed by atoms with E-state index in [0.29, 0.717) is 30.5 Å². The van der Waals surface area contributed by atoms with Gasteiger partial charge in [-0.1, -0.05) is 54.3 Å². The Kier molecular flexibility index (Phi) is 6.21. The number of hydrogen-bond acceptors (Lipinski definition) is 5. The third-order valence-electron chi connectivity index (χ3n) is 5.86. The second-order valence-corrected chi connectivity index (χ2v) is 8.11. The summed E-state index contributed by atoms with van der Waals surface area (Å²) in [6, 6.07) is 8.85. The molecule has 0 spiro atoms. The second-order valence-electron chi connectivity index (χ2n) is 8.11. The monoisotopic (exact) mass is 407 g/mol. The SMILES string of the molecule is Cc1ccc(-c2c(C)c(C(=O)NCCCc3nn[nH]n3)nn2C2CCCCC2)cc1. The lowest BCUT2D eigenvalue weighted by Gasteiger charge is -2.24. The van der Waals surface area contributed by atoms with Crippen LogP contribution in [-0.4, -0.2) is 42.9 Å². The molecule has 2 heterocycles. The molecular formula is C22H29N7O. The lowest BCUT2D eigenvalue weighted by Crippen LogP contribution is -2.26. The third kappa shape index (κ3) is 4.42. The smallest absolute Gasteiger partial charge is 0.272 e. The summed E-state index contributed by atoms with van der Waals surface area (Å²) in [7, 11) is 0. The predicted molar refractivity (Wildman–Crippen MR) is 114 cm³/mol. The Morgan fingerprint density at radius 2 is 1.93 bits per heavy atom. The first kappa shape index (κ1) is 20.3. The van der Waals surface area contributed by atoms with Gasteiger partial charge in [0.05, 0.1) is 11.7 Å². The van der Waals surface area contributed by atoms with Crippen LogP contribution in [0, 0.1) is 13.8 Å². The number of H-pyrrole nitrogens is 1. The Morgan fingerprint density at radius 3 is 2.63 bits per heavy atom. The van der Waals surface area contributed by atoms with Crippen LogP contribution in [0.5, 0.6) is 0 Å². The van der Waals surface area contributed by atoms with Crippen molar-refractivity contribution >= 4 is 5.91 Å². The van der Waals surface area contributed by atoms with Crippen molar-refractivity contribution < 1.29 is 4.79 Å². The lowest BCUT2D eigenvalue weighted by molar-refractivity contribution is 0.0946. The minimum absolute atomic E-state index is 0.122. The first-order valence-electron chi connectivity index (χ1n) is 10.8. The first-order valence-corrected chi connectivity index (χ1v) is 10.8. The molecule has 8 nitrogen and oxygen atoms in total. The second kappa shape index (κ2) is 9.19. The number of amides is 1. The van der Waals surface area contributed by atoms with E-state index in [1.807, 2.05) is 6.92 Å². The first-order chi connectivity index (χ1) is 14.6. The molecular weight excluding hydrogens is 378 g/mol.